The zero-order chi connectivity index (χ0) is 22.7. The fourth-order valence-electron chi connectivity index (χ4n) is 4.05. The molecule has 1 aliphatic rings. The Labute approximate surface area is 192 Å². The summed E-state index contributed by atoms with van der Waals surface area (Å²) in [4.78, 5) is 29.2. The molecule has 32 heavy (non-hydrogen) atoms. The molecular weight excluding hydrogens is 424 g/mol. The predicted octanol–water partition coefficient (Wildman–Crippen LogP) is 4.26. The van der Waals surface area contributed by atoms with Crippen molar-refractivity contribution in [2.45, 2.75) is 46.8 Å². The number of thiophene rings is 1. The van der Waals surface area contributed by atoms with E-state index in [1.54, 1.807) is 17.7 Å². The van der Waals surface area contributed by atoms with Gasteiger partial charge in [-0.2, -0.15) is 5.10 Å². The highest BCUT2D eigenvalue weighted by Crippen LogP contribution is 2.38. The monoisotopic (exact) mass is 452 g/mol. The highest BCUT2D eigenvalue weighted by molar-refractivity contribution is 7.17. The minimum atomic E-state index is -0.382. The number of carbonyl (C=O) groups excluding carboxylic acids is 2. The lowest BCUT2D eigenvalue weighted by Gasteiger charge is -2.27. The summed E-state index contributed by atoms with van der Waals surface area (Å²) in [6, 6.07) is 12.1. The van der Waals surface area contributed by atoms with Crippen molar-refractivity contribution >= 4 is 28.2 Å². The number of ether oxygens (including phenoxy) is 1. The standard InChI is InChI=1S/C24H28N4O3S/c1-4-28-16(3)13-19(26-28)22(29)25-23-21(24(30)31-5-2)18-11-12-27(15-20(18)32-23)14-17-9-7-6-8-10-17/h6-10,13H,4-5,11-12,14-15H2,1-3H3,(H,25,29). The molecule has 0 aliphatic carbocycles. The third-order valence-electron chi connectivity index (χ3n) is 5.60. The molecule has 0 radical (unpaired) electrons. The van der Waals surface area contributed by atoms with E-state index in [1.807, 2.05) is 32.0 Å². The molecule has 0 saturated heterocycles. The number of esters is 1. The Morgan fingerprint density at radius 1 is 1.22 bits per heavy atom. The number of rotatable bonds is 7. The van der Waals surface area contributed by atoms with Gasteiger partial charge in [-0.15, -0.1) is 11.3 Å². The van der Waals surface area contributed by atoms with Crippen molar-refractivity contribution in [1.82, 2.24) is 14.7 Å². The number of anilines is 1. The molecule has 7 nitrogen and oxygen atoms in total. The summed E-state index contributed by atoms with van der Waals surface area (Å²) in [5, 5.41) is 7.84. The predicted molar refractivity (Wildman–Crippen MR) is 125 cm³/mol. The molecule has 3 aromatic rings. The lowest BCUT2D eigenvalue weighted by Crippen LogP contribution is -2.29. The van der Waals surface area contributed by atoms with Crippen LogP contribution in [0.2, 0.25) is 0 Å². The number of benzene rings is 1. The van der Waals surface area contributed by atoms with Gasteiger partial charge in [0.2, 0.25) is 0 Å². The van der Waals surface area contributed by atoms with Gasteiger partial charge < -0.3 is 10.1 Å². The summed E-state index contributed by atoms with van der Waals surface area (Å²) in [6.45, 7) is 9.10. The van der Waals surface area contributed by atoms with Crippen LogP contribution >= 0.6 is 11.3 Å². The zero-order valence-corrected chi connectivity index (χ0v) is 19.5. The maximum atomic E-state index is 12.9. The van der Waals surface area contributed by atoms with E-state index in [0.29, 0.717) is 22.8 Å². The molecule has 0 spiro atoms. The van der Waals surface area contributed by atoms with Gasteiger partial charge in [-0.25, -0.2) is 4.79 Å². The molecule has 0 bridgehead atoms. The van der Waals surface area contributed by atoms with E-state index in [-0.39, 0.29) is 18.5 Å². The van der Waals surface area contributed by atoms with Crippen LogP contribution in [0, 0.1) is 6.92 Å². The summed E-state index contributed by atoms with van der Waals surface area (Å²) >= 11 is 1.46. The Bertz CT molecular complexity index is 1120. The van der Waals surface area contributed by atoms with Crippen molar-refractivity contribution in [2.75, 3.05) is 18.5 Å². The van der Waals surface area contributed by atoms with Gasteiger partial charge in [-0.1, -0.05) is 30.3 Å². The molecule has 0 atom stereocenters. The van der Waals surface area contributed by atoms with Gasteiger partial charge in [-0.3, -0.25) is 14.4 Å². The molecule has 0 saturated carbocycles. The Morgan fingerprint density at radius 3 is 2.69 bits per heavy atom. The Morgan fingerprint density at radius 2 is 2.00 bits per heavy atom. The lowest BCUT2D eigenvalue weighted by atomic mass is 10.0. The van der Waals surface area contributed by atoms with E-state index in [4.69, 9.17) is 4.74 Å². The second-order valence-electron chi connectivity index (χ2n) is 7.82. The number of aryl methyl sites for hydroxylation is 2. The van der Waals surface area contributed by atoms with Crippen molar-refractivity contribution < 1.29 is 14.3 Å². The maximum Gasteiger partial charge on any atom is 0.341 e. The second-order valence-corrected chi connectivity index (χ2v) is 8.92. The normalized spacial score (nSPS) is 13.6. The van der Waals surface area contributed by atoms with Gasteiger partial charge in [0.15, 0.2) is 5.69 Å². The molecule has 0 unspecified atom stereocenters. The second kappa shape index (κ2) is 9.67. The third kappa shape index (κ3) is 4.61. The molecule has 1 aromatic carbocycles. The summed E-state index contributed by atoms with van der Waals surface area (Å²) in [7, 11) is 0. The van der Waals surface area contributed by atoms with E-state index in [0.717, 1.165) is 42.2 Å². The average Bonchev–Trinajstić information content (AvgIpc) is 3.34. The van der Waals surface area contributed by atoms with Gasteiger partial charge in [0.25, 0.3) is 5.91 Å². The number of hydrogen-bond donors (Lipinski definition) is 1. The summed E-state index contributed by atoms with van der Waals surface area (Å²) < 4.78 is 7.11. The van der Waals surface area contributed by atoms with Crippen molar-refractivity contribution in [1.29, 1.82) is 0 Å². The van der Waals surface area contributed by atoms with Gasteiger partial charge in [-0.05, 0) is 44.4 Å². The molecule has 0 fully saturated rings. The minimum Gasteiger partial charge on any atom is -0.462 e. The SMILES string of the molecule is CCOC(=O)c1c(NC(=O)c2cc(C)n(CC)n2)sc2c1CCN(Cc1ccccc1)C2. The van der Waals surface area contributed by atoms with Crippen LogP contribution in [0.1, 0.15) is 56.4 Å². The molecule has 4 rings (SSSR count). The minimum absolute atomic E-state index is 0.289. The summed E-state index contributed by atoms with van der Waals surface area (Å²) in [5.41, 5.74) is 4.00. The number of aromatic nitrogens is 2. The molecule has 3 heterocycles. The number of amides is 1. The summed E-state index contributed by atoms with van der Waals surface area (Å²) in [6.07, 6.45) is 0.742. The first-order chi connectivity index (χ1) is 15.5. The van der Waals surface area contributed by atoms with Crippen molar-refractivity contribution in [2.24, 2.45) is 0 Å². The van der Waals surface area contributed by atoms with Gasteiger partial charge in [0.1, 0.15) is 5.00 Å². The largest absolute Gasteiger partial charge is 0.462 e. The van der Waals surface area contributed by atoms with E-state index < -0.39 is 0 Å². The van der Waals surface area contributed by atoms with Crippen LogP contribution in [-0.2, 0) is 30.8 Å². The molecular formula is C24H28N4O3S. The van der Waals surface area contributed by atoms with Gasteiger partial charge in [0, 0.05) is 36.8 Å². The first-order valence-electron chi connectivity index (χ1n) is 10.9. The maximum absolute atomic E-state index is 12.9. The molecule has 1 N–H and O–H groups in total. The zero-order valence-electron chi connectivity index (χ0n) is 18.7. The Balaban J connectivity index is 1.59. The van der Waals surface area contributed by atoms with Crippen LogP contribution in [0.4, 0.5) is 5.00 Å². The first kappa shape index (κ1) is 22.2. The highest BCUT2D eigenvalue weighted by Gasteiger charge is 2.30. The smallest absolute Gasteiger partial charge is 0.341 e. The van der Waals surface area contributed by atoms with Crippen molar-refractivity contribution in [3.8, 4) is 0 Å². The first-order valence-corrected chi connectivity index (χ1v) is 11.8. The van der Waals surface area contributed by atoms with Crippen LogP contribution in [0.5, 0.6) is 0 Å². The fourth-order valence-corrected chi connectivity index (χ4v) is 5.32. The van der Waals surface area contributed by atoms with Gasteiger partial charge in [0.05, 0.1) is 12.2 Å². The van der Waals surface area contributed by atoms with E-state index in [1.165, 1.54) is 16.9 Å². The van der Waals surface area contributed by atoms with Crippen LogP contribution in [0.25, 0.3) is 0 Å². The van der Waals surface area contributed by atoms with Crippen LogP contribution < -0.4 is 5.32 Å². The number of hydrogen-bond acceptors (Lipinski definition) is 6. The molecule has 1 aliphatic heterocycles. The van der Waals surface area contributed by atoms with Crippen LogP contribution in [0.3, 0.4) is 0 Å². The van der Waals surface area contributed by atoms with Crippen LogP contribution in [0.15, 0.2) is 36.4 Å². The Hall–Kier alpha value is -2.97. The fraction of sp³-hybridized carbons (Fsp3) is 0.375. The molecule has 168 valence electrons. The quantitative estimate of drug-likeness (QED) is 0.542. The number of carbonyl (C=O) groups is 2. The van der Waals surface area contributed by atoms with Crippen molar-refractivity contribution in [3.05, 3.63) is 69.4 Å². The van der Waals surface area contributed by atoms with E-state index >= 15 is 0 Å². The van der Waals surface area contributed by atoms with Crippen LogP contribution in [-0.4, -0.2) is 39.7 Å². The number of nitrogens with one attached hydrogen (secondary N) is 1. The highest BCUT2D eigenvalue weighted by atomic mass is 32.1. The number of fused-ring (bicyclic) bond motifs is 1. The summed E-state index contributed by atoms with van der Waals surface area (Å²) in [5.74, 6) is -0.697. The molecule has 2 aromatic heterocycles. The number of nitrogens with zero attached hydrogens (tertiary/aromatic N) is 3. The Kier molecular flexibility index (Phi) is 6.72. The average molecular weight is 453 g/mol. The lowest BCUT2D eigenvalue weighted by molar-refractivity contribution is 0.0526. The molecule has 1 amide bonds. The third-order valence-corrected chi connectivity index (χ3v) is 6.74. The van der Waals surface area contributed by atoms with E-state index in [9.17, 15) is 9.59 Å². The van der Waals surface area contributed by atoms with Gasteiger partial charge >= 0.3 is 5.97 Å². The molecule has 8 heteroatoms. The van der Waals surface area contributed by atoms with Crippen molar-refractivity contribution in [3.63, 3.8) is 0 Å². The topological polar surface area (TPSA) is 76.5 Å². The van der Waals surface area contributed by atoms with E-state index in [2.05, 4.69) is 27.4 Å².